The van der Waals surface area contributed by atoms with Gasteiger partial charge in [0.05, 0.1) is 5.69 Å². The topological polar surface area (TPSA) is 99.5 Å². The van der Waals surface area contributed by atoms with Gasteiger partial charge in [-0.3, -0.25) is 14.4 Å². The molecule has 0 radical (unpaired) electrons. The van der Waals surface area contributed by atoms with Crippen molar-refractivity contribution in [1.29, 1.82) is 0 Å². The lowest BCUT2D eigenvalue weighted by Crippen LogP contribution is -2.51. The number of benzene rings is 1. The molecule has 30 heavy (non-hydrogen) atoms. The van der Waals surface area contributed by atoms with Crippen LogP contribution in [0, 0.1) is 13.8 Å². The van der Waals surface area contributed by atoms with E-state index in [-0.39, 0.29) is 23.1 Å². The molecule has 3 aromatic rings. The predicted molar refractivity (Wildman–Crippen MR) is 110 cm³/mol. The minimum atomic E-state index is -0.422. The molecule has 0 unspecified atom stereocenters. The Labute approximate surface area is 173 Å². The van der Waals surface area contributed by atoms with Crippen LogP contribution in [0.1, 0.15) is 32.2 Å². The van der Waals surface area contributed by atoms with Crippen LogP contribution in [0.3, 0.4) is 0 Å². The average molecular weight is 406 g/mol. The minimum Gasteiger partial charge on any atom is -0.351 e. The van der Waals surface area contributed by atoms with Crippen LogP contribution in [-0.4, -0.2) is 57.9 Å². The van der Waals surface area contributed by atoms with Crippen LogP contribution in [0.4, 0.5) is 0 Å². The zero-order valence-corrected chi connectivity index (χ0v) is 16.8. The van der Waals surface area contributed by atoms with E-state index in [0.717, 1.165) is 11.1 Å². The maximum absolute atomic E-state index is 12.8. The van der Waals surface area contributed by atoms with Crippen molar-refractivity contribution in [3.8, 4) is 11.3 Å². The van der Waals surface area contributed by atoms with Gasteiger partial charge >= 0.3 is 0 Å². The summed E-state index contributed by atoms with van der Waals surface area (Å²) in [6.07, 6.45) is 0. The Morgan fingerprint density at radius 3 is 2.27 bits per heavy atom. The highest BCUT2D eigenvalue weighted by atomic mass is 16.5. The van der Waals surface area contributed by atoms with Gasteiger partial charge in [-0.15, -0.1) is 0 Å². The van der Waals surface area contributed by atoms with Crippen LogP contribution < -0.4 is 5.56 Å². The number of aryl methyl sites for hydroxylation is 2. The molecule has 0 bridgehead atoms. The van der Waals surface area contributed by atoms with Gasteiger partial charge in [0.1, 0.15) is 5.56 Å². The van der Waals surface area contributed by atoms with Gasteiger partial charge in [0.15, 0.2) is 0 Å². The zero-order chi connectivity index (χ0) is 21.3. The average Bonchev–Trinajstić information content (AvgIpc) is 3.19. The standard InChI is InChI=1S/C22H22N4O4/c1-14-4-3-5-16(12-14)18-7-6-17(20(27)23-18)21(28)25-8-10-26(11-9-25)22(29)19-13-15(2)24-30-19/h3-7,12-13H,8-11H2,1-2H3,(H,23,27). The highest BCUT2D eigenvalue weighted by Crippen LogP contribution is 2.18. The highest BCUT2D eigenvalue weighted by Gasteiger charge is 2.28. The number of nitrogens with zero attached hydrogens (tertiary/aromatic N) is 3. The number of carbonyl (C=O) groups is 2. The number of aromatic amines is 1. The number of hydrogen-bond donors (Lipinski definition) is 1. The molecule has 0 saturated carbocycles. The van der Waals surface area contributed by atoms with Gasteiger partial charge < -0.3 is 19.3 Å². The molecule has 0 spiro atoms. The number of aromatic nitrogens is 2. The Balaban J connectivity index is 1.44. The van der Waals surface area contributed by atoms with Gasteiger partial charge in [0.2, 0.25) is 5.76 Å². The molecule has 1 aliphatic heterocycles. The molecule has 0 atom stereocenters. The molecule has 1 saturated heterocycles. The third kappa shape index (κ3) is 3.89. The maximum atomic E-state index is 12.8. The number of amides is 2. The van der Waals surface area contributed by atoms with E-state index in [1.165, 1.54) is 0 Å². The summed E-state index contributed by atoms with van der Waals surface area (Å²) in [6, 6.07) is 12.7. The van der Waals surface area contributed by atoms with Crippen molar-refractivity contribution in [3.05, 3.63) is 75.4 Å². The molecule has 8 heteroatoms. The molecule has 8 nitrogen and oxygen atoms in total. The Bertz CT molecular complexity index is 1160. The first-order valence-electron chi connectivity index (χ1n) is 9.74. The SMILES string of the molecule is Cc1cccc(-c2ccc(C(=O)N3CCN(C(=O)c4cc(C)no4)CC3)c(=O)[nH]2)c1. The van der Waals surface area contributed by atoms with Crippen molar-refractivity contribution in [1.82, 2.24) is 19.9 Å². The van der Waals surface area contributed by atoms with Crippen LogP contribution in [0.2, 0.25) is 0 Å². The number of nitrogens with one attached hydrogen (secondary N) is 1. The van der Waals surface area contributed by atoms with Crippen molar-refractivity contribution < 1.29 is 14.1 Å². The lowest BCUT2D eigenvalue weighted by Gasteiger charge is -2.34. The molecule has 154 valence electrons. The third-order valence-corrected chi connectivity index (χ3v) is 5.16. The summed E-state index contributed by atoms with van der Waals surface area (Å²) < 4.78 is 5.03. The van der Waals surface area contributed by atoms with E-state index in [1.54, 1.807) is 34.9 Å². The second-order valence-corrected chi connectivity index (χ2v) is 7.40. The molecule has 2 aromatic heterocycles. The molecule has 1 fully saturated rings. The number of piperazine rings is 1. The molecule has 4 rings (SSSR count). The fraction of sp³-hybridized carbons (Fsp3) is 0.273. The smallest absolute Gasteiger partial charge is 0.292 e. The minimum absolute atomic E-state index is 0.0945. The first kappa shape index (κ1) is 19.6. The Kier molecular flexibility index (Phi) is 5.22. The Hall–Kier alpha value is -3.68. The first-order chi connectivity index (χ1) is 14.4. The fourth-order valence-corrected chi connectivity index (χ4v) is 3.53. The van der Waals surface area contributed by atoms with E-state index in [4.69, 9.17) is 4.52 Å². The largest absolute Gasteiger partial charge is 0.351 e. The van der Waals surface area contributed by atoms with E-state index in [0.29, 0.717) is 37.6 Å². The second-order valence-electron chi connectivity index (χ2n) is 7.40. The summed E-state index contributed by atoms with van der Waals surface area (Å²) in [5.74, 6) is -0.395. The summed E-state index contributed by atoms with van der Waals surface area (Å²) in [6.45, 7) is 5.15. The molecular weight excluding hydrogens is 384 g/mol. The van der Waals surface area contributed by atoms with Crippen molar-refractivity contribution >= 4 is 11.8 Å². The summed E-state index contributed by atoms with van der Waals surface area (Å²) in [5.41, 5.74) is 2.95. The summed E-state index contributed by atoms with van der Waals surface area (Å²) in [4.78, 5) is 43.9. The van der Waals surface area contributed by atoms with Gasteiger partial charge in [0, 0.05) is 37.9 Å². The summed E-state index contributed by atoms with van der Waals surface area (Å²) >= 11 is 0. The quantitative estimate of drug-likeness (QED) is 0.719. The molecule has 1 aromatic carbocycles. The molecule has 2 amide bonds. The van der Waals surface area contributed by atoms with Gasteiger partial charge in [-0.1, -0.05) is 28.9 Å². The summed E-state index contributed by atoms with van der Waals surface area (Å²) in [7, 11) is 0. The summed E-state index contributed by atoms with van der Waals surface area (Å²) in [5, 5.41) is 3.73. The van der Waals surface area contributed by atoms with Gasteiger partial charge in [-0.2, -0.15) is 0 Å². The third-order valence-electron chi connectivity index (χ3n) is 5.16. The van der Waals surface area contributed by atoms with Crippen molar-refractivity contribution in [2.45, 2.75) is 13.8 Å². The van der Waals surface area contributed by atoms with Crippen LogP contribution in [0.5, 0.6) is 0 Å². The number of hydrogen-bond acceptors (Lipinski definition) is 5. The van der Waals surface area contributed by atoms with Crippen molar-refractivity contribution in [3.63, 3.8) is 0 Å². The molecule has 1 N–H and O–H groups in total. The van der Waals surface area contributed by atoms with E-state index < -0.39 is 5.56 Å². The molecule has 0 aliphatic carbocycles. The first-order valence-corrected chi connectivity index (χ1v) is 9.74. The van der Waals surface area contributed by atoms with Crippen LogP contribution >= 0.6 is 0 Å². The number of carbonyl (C=O) groups excluding carboxylic acids is 2. The second kappa shape index (κ2) is 7.98. The zero-order valence-electron chi connectivity index (χ0n) is 16.8. The molecular formula is C22H22N4O4. The lowest BCUT2D eigenvalue weighted by atomic mass is 10.1. The number of pyridine rings is 1. The molecule has 1 aliphatic rings. The van der Waals surface area contributed by atoms with Crippen molar-refractivity contribution in [2.24, 2.45) is 0 Å². The van der Waals surface area contributed by atoms with Crippen LogP contribution in [0.15, 0.2) is 51.8 Å². The monoisotopic (exact) mass is 406 g/mol. The van der Waals surface area contributed by atoms with Gasteiger partial charge in [0.25, 0.3) is 17.4 Å². The Morgan fingerprint density at radius 2 is 1.67 bits per heavy atom. The lowest BCUT2D eigenvalue weighted by molar-refractivity contribution is 0.0512. The maximum Gasteiger partial charge on any atom is 0.292 e. The highest BCUT2D eigenvalue weighted by molar-refractivity contribution is 5.95. The van der Waals surface area contributed by atoms with Crippen molar-refractivity contribution in [2.75, 3.05) is 26.2 Å². The fourth-order valence-electron chi connectivity index (χ4n) is 3.53. The van der Waals surface area contributed by atoms with Crippen LogP contribution in [-0.2, 0) is 0 Å². The van der Waals surface area contributed by atoms with Gasteiger partial charge in [-0.05, 0) is 37.6 Å². The van der Waals surface area contributed by atoms with E-state index in [9.17, 15) is 14.4 Å². The predicted octanol–water partition coefficient (Wildman–Crippen LogP) is 2.24. The van der Waals surface area contributed by atoms with E-state index in [2.05, 4.69) is 10.1 Å². The Morgan fingerprint density at radius 1 is 0.967 bits per heavy atom. The normalized spacial score (nSPS) is 14.1. The molecule has 3 heterocycles. The van der Waals surface area contributed by atoms with Gasteiger partial charge in [-0.25, -0.2) is 0 Å². The van der Waals surface area contributed by atoms with E-state index >= 15 is 0 Å². The number of H-pyrrole nitrogens is 1. The number of rotatable bonds is 3. The van der Waals surface area contributed by atoms with E-state index in [1.807, 2.05) is 31.2 Å². The van der Waals surface area contributed by atoms with Crippen LogP contribution in [0.25, 0.3) is 11.3 Å².